The molecule has 1 aliphatic rings. The van der Waals surface area contributed by atoms with Crippen LogP contribution in [0.4, 0.5) is 4.39 Å². The van der Waals surface area contributed by atoms with E-state index in [-0.39, 0.29) is 40.3 Å². The summed E-state index contributed by atoms with van der Waals surface area (Å²) in [6.07, 6.45) is 3.64. The number of rotatable bonds is 9. The van der Waals surface area contributed by atoms with Gasteiger partial charge in [-0.25, -0.2) is 12.8 Å². The lowest BCUT2D eigenvalue weighted by atomic mass is 9.93. The summed E-state index contributed by atoms with van der Waals surface area (Å²) in [4.78, 5) is 11.9. The molecule has 0 radical (unpaired) electrons. The molecular weight excluding hydrogens is 525 g/mol. The normalized spacial score (nSPS) is 15.4. The van der Waals surface area contributed by atoms with Crippen molar-refractivity contribution >= 4 is 27.6 Å². The molecule has 0 N–H and O–H groups in total. The highest BCUT2D eigenvalue weighted by molar-refractivity contribution is 7.89. The Labute approximate surface area is 219 Å². The number of fused-ring (bicyclic) bond motifs is 1. The number of carbonyl (C=O) groups is 1. The van der Waals surface area contributed by atoms with E-state index in [0.29, 0.717) is 12.8 Å². The van der Waals surface area contributed by atoms with Crippen LogP contribution in [-0.2, 0) is 32.5 Å². The predicted octanol–water partition coefficient (Wildman–Crippen LogP) is 4.74. The molecular formula is C25H27ClFN3O6S. The molecule has 12 heteroatoms. The molecule has 4 rings (SSSR count). The van der Waals surface area contributed by atoms with Crippen molar-refractivity contribution in [3.8, 4) is 17.2 Å². The molecule has 9 nitrogen and oxygen atoms in total. The zero-order valence-electron chi connectivity index (χ0n) is 20.6. The van der Waals surface area contributed by atoms with Crippen molar-refractivity contribution in [3.05, 3.63) is 64.7 Å². The van der Waals surface area contributed by atoms with Crippen molar-refractivity contribution in [2.24, 2.45) is 0 Å². The topological polar surface area (TPSA) is 100.0 Å². The Kier molecular flexibility index (Phi) is 8.05. The largest absolute Gasteiger partial charge is 0.493 e. The fourth-order valence-corrected chi connectivity index (χ4v) is 6.02. The van der Waals surface area contributed by atoms with Crippen LogP contribution in [0.2, 0.25) is 5.02 Å². The second-order valence-corrected chi connectivity index (χ2v) is 10.8. The number of sulfonamides is 1. The predicted molar refractivity (Wildman–Crippen MR) is 134 cm³/mol. The number of hydrogen-bond donors (Lipinski definition) is 0. The molecule has 1 aliphatic carbocycles. The molecule has 37 heavy (non-hydrogen) atoms. The molecule has 0 saturated heterocycles. The first-order valence-electron chi connectivity index (χ1n) is 11.6. The van der Waals surface area contributed by atoms with E-state index < -0.39 is 27.9 Å². The fourth-order valence-electron chi connectivity index (χ4n) is 4.34. The van der Waals surface area contributed by atoms with Crippen LogP contribution in [-0.4, -0.2) is 49.2 Å². The molecule has 0 aliphatic heterocycles. The summed E-state index contributed by atoms with van der Waals surface area (Å²) < 4.78 is 59.3. The number of halogens is 2. The summed E-state index contributed by atoms with van der Waals surface area (Å²) in [6, 6.07) is 7.48. The lowest BCUT2D eigenvalue weighted by Crippen LogP contribution is -2.33. The quantitative estimate of drug-likeness (QED) is 0.354. The summed E-state index contributed by atoms with van der Waals surface area (Å²) in [5.74, 6) is -0.297. The van der Waals surface area contributed by atoms with Gasteiger partial charge in [-0.3, -0.25) is 9.48 Å². The van der Waals surface area contributed by atoms with Crippen LogP contribution in [0.25, 0.3) is 0 Å². The van der Waals surface area contributed by atoms with Gasteiger partial charge >= 0.3 is 5.97 Å². The molecule has 1 heterocycles. The van der Waals surface area contributed by atoms with Crippen LogP contribution in [0.15, 0.2) is 47.5 Å². The van der Waals surface area contributed by atoms with E-state index in [1.165, 1.54) is 54.9 Å². The van der Waals surface area contributed by atoms with E-state index in [9.17, 15) is 17.6 Å². The second-order valence-electron chi connectivity index (χ2n) is 8.43. The van der Waals surface area contributed by atoms with Crippen LogP contribution in [0.3, 0.4) is 0 Å². The molecule has 0 fully saturated rings. The standard InChI is InChI=1S/C25H27ClFN3O6S/c1-4-35-25(31)15-30-21-7-5-6-20(18(21)14-28-30)29(2)37(32,33)17-9-11-22(19(26)13-17)36-23-10-8-16(27)12-24(23)34-3/h8-14,20H,4-7,15H2,1-3H3/t20-/m1/s1. The van der Waals surface area contributed by atoms with Crippen molar-refractivity contribution in [2.75, 3.05) is 20.8 Å². The number of ether oxygens (including phenoxy) is 3. The molecule has 3 aromatic rings. The van der Waals surface area contributed by atoms with Gasteiger partial charge in [-0.1, -0.05) is 11.6 Å². The Bertz CT molecular complexity index is 1410. The van der Waals surface area contributed by atoms with Gasteiger partial charge in [0.25, 0.3) is 0 Å². The Morgan fingerprint density at radius 3 is 2.68 bits per heavy atom. The van der Waals surface area contributed by atoms with E-state index >= 15 is 0 Å². The van der Waals surface area contributed by atoms with Gasteiger partial charge in [-0.15, -0.1) is 0 Å². The number of methoxy groups -OCH3 is 1. The number of nitrogens with zero attached hydrogens (tertiary/aromatic N) is 3. The minimum absolute atomic E-state index is 0.00976. The van der Waals surface area contributed by atoms with Crippen LogP contribution in [0, 0.1) is 5.82 Å². The third-order valence-corrected chi connectivity index (χ3v) is 8.34. The summed E-state index contributed by atoms with van der Waals surface area (Å²) >= 11 is 6.38. The van der Waals surface area contributed by atoms with Gasteiger partial charge in [0.2, 0.25) is 10.0 Å². The average molecular weight is 552 g/mol. The van der Waals surface area contributed by atoms with Gasteiger partial charge in [-0.05, 0) is 56.5 Å². The SMILES string of the molecule is CCOC(=O)Cn1ncc2c1CCC[C@H]2N(C)S(=O)(=O)c1ccc(Oc2ccc(F)cc2OC)c(Cl)c1. The Morgan fingerprint density at radius 2 is 1.97 bits per heavy atom. The number of esters is 1. The van der Waals surface area contributed by atoms with Crippen LogP contribution >= 0.6 is 11.6 Å². The summed E-state index contributed by atoms with van der Waals surface area (Å²) in [7, 11) is -1.05. The maximum absolute atomic E-state index is 13.5. The first-order valence-corrected chi connectivity index (χ1v) is 13.5. The Balaban J connectivity index is 1.57. The van der Waals surface area contributed by atoms with Gasteiger partial charge in [0, 0.05) is 24.4 Å². The van der Waals surface area contributed by atoms with Crippen molar-refractivity contribution in [1.29, 1.82) is 0 Å². The van der Waals surface area contributed by atoms with Crippen LogP contribution < -0.4 is 9.47 Å². The van der Waals surface area contributed by atoms with Crippen LogP contribution in [0.5, 0.6) is 17.2 Å². The smallest absolute Gasteiger partial charge is 0.327 e. The number of benzene rings is 2. The Morgan fingerprint density at radius 1 is 1.22 bits per heavy atom. The minimum Gasteiger partial charge on any atom is -0.493 e. The highest BCUT2D eigenvalue weighted by atomic mass is 35.5. The number of carbonyl (C=O) groups excluding carboxylic acids is 1. The molecule has 1 atom stereocenters. The van der Waals surface area contributed by atoms with Gasteiger partial charge in [0.15, 0.2) is 11.5 Å². The van der Waals surface area contributed by atoms with E-state index in [1.54, 1.807) is 17.8 Å². The van der Waals surface area contributed by atoms with Gasteiger partial charge in [-0.2, -0.15) is 9.40 Å². The summed E-state index contributed by atoms with van der Waals surface area (Å²) in [5.41, 5.74) is 1.58. The monoisotopic (exact) mass is 551 g/mol. The molecule has 0 amide bonds. The highest BCUT2D eigenvalue weighted by Crippen LogP contribution is 2.39. The molecule has 0 bridgehead atoms. The van der Waals surface area contributed by atoms with Crippen LogP contribution in [0.1, 0.15) is 37.1 Å². The van der Waals surface area contributed by atoms with Crippen molar-refractivity contribution in [1.82, 2.24) is 14.1 Å². The van der Waals surface area contributed by atoms with E-state index in [0.717, 1.165) is 17.7 Å². The highest BCUT2D eigenvalue weighted by Gasteiger charge is 2.34. The van der Waals surface area contributed by atoms with Crippen molar-refractivity contribution in [2.45, 2.75) is 43.7 Å². The molecule has 2 aromatic carbocycles. The Hall–Kier alpha value is -3.15. The third-order valence-electron chi connectivity index (χ3n) is 6.18. The molecule has 0 saturated carbocycles. The third kappa shape index (κ3) is 5.58. The summed E-state index contributed by atoms with van der Waals surface area (Å²) in [6.45, 7) is 1.98. The van der Waals surface area contributed by atoms with E-state index in [2.05, 4.69) is 5.10 Å². The molecule has 198 valence electrons. The number of aromatic nitrogens is 2. The lowest BCUT2D eigenvalue weighted by molar-refractivity contribution is -0.144. The lowest BCUT2D eigenvalue weighted by Gasteiger charge is -2.31. The van der Waals surface area contributed by atoms with Gasteiger partial charge < -0.3 is 14.2 Å². The first kappa shape index (κ1) is 26.9. The van der Waals surface area contributed by atoms with Gasteiger partial charge in [0.1, 0.15) is 18.1 Å². The second kappa shape index (κ2) is 11.1. The first-order chi connectivity index (χ1) is 17.6. The molecule has 0 unspecified atom stereocenters. The fraction of sp³-hybridized carbons (Fsp3) is 0.360. The minimum atomic E-state index is -3.94. The number of hydrogen-bond acceptors (Lipinski definition) is 7. The van der Waals surface area contributed by atoms with E-state index in [4.69, 9.17) is 25.8 Å². The van der Waals surface area contributed by atoms with Crippen molar-refractivity contribution < 1.29 is 31.8 Å². The maximum Gasteiger partial charge on any atom is 0.327 e. The molecule has 0 spiro atoms. The average Bonchev–Trinajstić information content (AvgIpc) is 3.28. The zero-order valence-corrected chi connectivity index (χ0v) is 22.2. The van der Waals surface area contributed by atoms with E-state index in [1.807, 2.05) is 0 Å². The maximum atomic E-state index is 13.5. The van der Waals surface area contributed by atoms with Crippen molar-refractivity contribution in [3.63, 3.8) is 0 Å². The summed E-state index contributed by atoms with van der Waals surface area (Å²) in [5, 5.41) is 4.38. The zero-order chi connectivity index (χ0) is 26.7. The molecule has 1 aromatic heterocycles. The van der Waals surface area contributed by atoms with Gasteiger partial charge in [0.05, 0.1) is 35.9 Å².